The summed E-state index contributed by atoms with van der Waals surface area (Å²) in [6.07, 6.45) is 4.21. The van der Waals surface area contributed by atoms with E-state index in [9.17, 15) is 4.79 Å². The van der Waals surface area contributed by atoms with Crippen LogP contribution in [-0.2, 0) is 17.8 Å². The van der Waals surface area contributed by atoms with Gasteiger partial charge in [0.15, 0.2) is 11.6 Å². The quantitative estimate of drug-likeness (QED) is 0.186. The molecule has 0 saturated heterocycles. The molecule has 0 saturated carbocycles. The monoisotopic (exact) mass is 580 g/mol. The van der Waals surface area contributed by atoms with E-state index in [-0.39, 0.29) is 18.2 Å². The average Bonchev–Trinajstić information content (AvgIpc) is 3.44. The Labute approximate surface area is 251 Å². The molecule has 1 atom stereocenters. The van der Waals surface area contributed by atoms with Crippen LogP contribution >= 0.6 is 0 Å². The number of ether oxygens (including phenoxy) is 1. The molecule has 5 rings (SSSR count). The first kappa shape index (κ1) is 29.6. The lowest BCUT2D eigenvalue weighted by molar-refractivity contribution is -0.130. The Bertz CT molecular complexity index is 1740. The summed E-state index contributed by atoms with van der Waals surface area (Å²) in [7, 11) is 1.77. The maximum Gasteiger partial charge on any atom is 0.242 e. The molecule has 0 aliphatic carbocycles. The van der Waals surface area contributed by atoms with Gasteiger partial charge in [-0.05, 0) is 61.5 Å². The number of nitrogens with one attached hydrogen (secondary N) is 1. The van der Waals surface area contributed by atoms with Gasteiger partial charge in [-0.25, -0.2) is 14.4 Å². The number of nitrogens with two attached hydrogens (primary N) is 1. The highest BCUT2D eigenvalue weighted by atomic mass is 19.1. The molecular weight excluding hydrogens is 543 g/mol. The van der Waals surface area contributed by atoms with Crippen molar-refractivity contribution in [3.05, 3.63) is 102 Å². The largest absolute Gasteiger partial charge is 0.491 e. The van der Waals surface area contributed by atoms with E-state index in [0.717, 1.165) is 27.6 Å². The number of hydrogen-bond acceptors (Lipinski definition) is 6. The van der Waals surface area contributed by atoms with Crippen LogP contribution < -0.4 is 15.8 Å². The molecule has 0 aliphatic heterocycles. The highest BCUT2D eigenvalue weighted by Gasteiger charge is 2.28. The predicted octanol–water partition coefficient (Wildman–Crippen LogP) is 6.46. The van der Waals surface area contributed by atoms with Crippen molar-refractivity contribution in [2.75, 3.05) is 31.2 Å². The molecule has 3 N–H and O–H groups in total. The molecule has 2 aromatic heterocycles. The molecule has 0 fully saturated rings. The lowest BCUT2D eigenvalue weighted by atomic mass is 9.99. The number of rotatable bonds is 11. The van der Waals surface area contributed by atoms with Crippen LogP contribution in [0.1, 0.15) is 43.8 Å². The third-order valence-corrected chi connectivity index (χ3v) is 7.59. The second-order valence-electron chi connectivity index (χ2n) is 10.4. The number of fused-ring (bicyclic) bond motifs is 1. The van der Waals surface area contributed by atoms with E-state index in [0.29, 0.717) is 42.5 Å². The zero-order valence-electron chi connectivity index (χ0n) is 25.0. The number of amides is 1. The Morgan fingerprint density at radius 3 is 2.60 bits per heavy atom. The molecule has 0 aliphatic rings. The van der Waals surface area contributed by atoms with Crippen LogP contribution in [0.3, 0.4) is 0 Å². The van der Waals surface area contributed by atoms with Crippen LogP contribution in [0, 0.1) is 5.82 Å². The molecule has 1 unspecified atom stereocenters. The average molecular weight is 581 g/mol. The number of anilines is 2. The molecule has 8 nitrogen and oxygen atoms in total. The van der Waals surface area contributed by atoms with Gasteiger partial charge in [0.05, 0.1) is 12.3 Å². The highest BCUT2D eigenvalue weighted by molar-refractivity contribution is 5.93. The first-order chi connectivity index (χ1) is 20.8. The molecule has 43 heavy (non-hydrogen) atoms. The van der Waals surface area contributed by atoms with E-state index in [4.69, 9.17) is 15.5 Å². The van der Waals surface area contributed by atoms with Gasteiger partial charge in [-0.2, -0.15) is 0 Å². The third kappa shape index (κ3) is 6.30. The second-order valence-corrected chi connectivity index (χ2v) is 10.4. The molecular formula is C34H37FN6O2. The second kappa shape index (κ2) is 12.9. The number of halogens is 1. The van der Waals surface area contributed by atoms with Crippen LogP contribution in [0.25, 0.3) is 22.0 Å². The van der Waals surface area contributed by atoms with Gasteiger partial charge in [0.2, 0.25) is 5.91 Å². The Balaban J connectivity index is 1.71. The molecule has 222 valence electrons. The summed E-state index contributed by atoms with van der Waals surface area (Å²) in [4.78, 5) is 24.1. The summed E-state index contributed by atoms with van der Waals surface area (Å²) in [5.74, 6) is 0.569. The molecule has 0 bridgehead atoms. The zero-order valence-corrected chi connectivity index (χ0v) is 25.0. The van der Waals surface area contributed by atoms with Crippen molar-refractivity contribution in [1.82, 2.24) is 19.4 Å². The number of aryl methyl sites for hydroxylation is 1. The number of nitrogens with zero attached hydrogens (tertiary/aromatic N) is 4. The van der Waals surface area contributed by atoms with Gasteiger partial charge < -0.3 is 25.3 Å². The van der Waals surface area contributed by atoms with Crippen molar-refractivity contribution in [1.29, 1.82) is 0 Å². The van der Waals surface area contributed by atoms with Crippen molar-refractivity contribution in [2.45, 2.75) is 39.8 Å². The number of benzene rings is 3. The summed E-state index contributed by atoms with van der Waals surface area (Å²) in [6.45, 7) is 6.71. The fourth-order valence-electron chi connectivity index (χ4n) is 5.07. The number of carbonyl (C=O) groups is 1. The van der Waals surface area contributed by atoms with E-state index in [1.54, 1.807) is 24.2 Å². The maximum absolute atomic E-state index is 16.3. The van der Waals surface area contributed by atoms with Crippen LogP contribution in [0.15, 0.2) is 79.1 Å². The third-order valence-electron chi connectivity index (χ3n) is 7.59. The number of pyridine rings is 1. The van der Waals surface area contributed by atoms with Crippen molar-refractivity contribution in [2.24, 2.45) is 0 Å². The summed E-state index contributed by atoms with van der Waals surface area (Å²) in [6, 6.07) is 20.2. The number of aromatic nitrogens is 3. The van der Waals surface area contributed by atoms with Crippen molar-refractivity contribution in [3.63, 3.8) is 0 Å². The van der Waals surface area contributed by atoms with Gasteiger partial charge in [-0.1, -0.05) is 43.3 Å². The van der Waals surface area contributed by atoms with Gasteiger partial charge >= 0.3 is 0 Å². The molecule has 3 aromatic carbocycles. The normalized spacial score (nSPS) is 11.8. The lowest BCUT2D eigenvalue weighted by Gasteiger charge is -2.24. The summed E-state index contributed by atoms with van der Waals surface area (Å²) >= 11 is 0. The smallest absolute Gasteiger partial charge is 0.242 e. The fourth-order valence-corrected chi connectivity index (χ4v) is 5.07. The fraction of sp³-hybridized carbons (Fsp3) is 0.265. The van der Waals surface area contributed by atoms with Crippen LogP contribution in [0.2, 0.25) is 0 Å². The minimum Gasteiger partial charge on any atom is -0.491 e. The number of carbonyl (C=O) groups excluding carboxylic acids is 1. The molecule has 0 spiro atoms. The summed E-state index contributed by atoms with van der Waals surface area (Å²) in [5, 5.41) is 5.25. The molecule has 5 aromatic rings. The van der Waals surface area contributed by atoms with Crippen LogP contribution in [0.4, 0.5) is 15.9 Å². The van der Waals surface area contributed by atoms with Crippen molar-refractivity contribution < 1.29 is 13.9 Å². The topological polar surface area (TPSA) is 98.3 Å². The Hall–Kier alpha value is -4.92. The van der Waals surface area contributed by atoms with Gasteiger partial charge in [-0.15, -0.1) is 0 Å². The van der Waals surface area contributed by atoms with Crippen LogP contribution in [0.5, 0.6) is 5.75 Å². The zero-order chi connectivity index (χ0) is 30.5. The number of hydrogen-bond donors (Lipinski definition) is 2. The first-order valence-electron chi connectivity index (χ1n) is 14.5. The molecule has 0 radical (unpaired) electrons. The van der Waals surface area contributed by atoms with Gasteiger partial charge in [0.25, 0.3) is 0 Å². The molecule has 9 heteroatoms. The predicted molar refractivity (Wildman–Crippen MR) is 170 cm³/mol. The Morgan fingerprint density at radius 2 is 1.88 bits per heavy atom. The highest BCUT2D eigenvalue weighted by Crippen LogP contribution is 2.36. The van der Waals surface area contributed by atoms with E-state index >= 15 is 4.39 Å². The standard InChI is InChI=1S/C34H37FN6O2/c1-5-22-17-27(31(35)29(18-22)43-7-3)32(38-25-13-14-26-24(19-25)15-16-37-33(26)36)34-39-28(23-11-9-8-10-12-23)20-41(34)21-30(42)40(4)6-2/h8-20,32,38H,5-7,21H2,1-4H3,(H2,36,37). The number of likely N-dealkylation sites (N-methyl/N-ethyl adjacent to an activating group) is 1. The first-order valence-corrected chi connectivity index (χ1v) is 14.5. The number of imidazole rings is 1. The van der Waals surface area contributed by atoms with E-state index in [1.165, 1.54) is 0 Å². The molecule has 1 amide bonds. The summed E-state index contributed by atoms with van der Waals surface area (Å²) < 4.78 is 23.9. The Kier molecular flexibility index (Phi) is 8.90. The Morgan fingerprint density at radius 1 is 1.09 bits per heavy atom. The molecule has 2 heterocycles. The minimum atomic E-state index is -0.764. The summed E-state index contributed by atoms with van der Waals surface area (Å²) in [5.41, 5.74) is 9.71. The van der Waals surface area contributed by atoms with E-state index < -0.39 is 11.9 Å². The number of nitrogen functional groups attached to an aromatic ring is 1. The maximum atomic E-state index is 16.3. The lowest BCUT2D eigenvalue weighted by Crippen LogP contribution is -2.31. The van der Waals surface area contributed by atoms with Crippen LogP contribution in [-0.4, -0.2) is 45.5 Å². The van der Waals surface area contributed by atoms with Gasteiger partial charge in [-0.3, -0.25) is 4.79 Å². The SMILES string of the molecule is CCOc1cc(CC)cc(C(Nc2ccc3c(N)nccc3c2)c2nc(-c3ccccc3)cn2CC(=O)N(C)CC)c1F. The minimum absolute atomic E-state index is 0.0466. The van der Waals surface area contributed by atoms with E-state index in [2.05, 4.69) is 10.3 Å². The van der Waals surface area contributed by atoms with Crippen molar-refractivity contribution in [3.8, 4) is 17.0 Å². The van der Waals surface area contributed by atoms with Gasteiger partial charge in [0, 0.05) is 48.2 Å². The van der Waals surface area contributed by atoms with Crippen molar-refractivity contribution >= 4 is 28.2 Å². The van der Waals surface area contributed by atoms with Gasteiger partial charge in [0.1, 0.15) is 24.2 Å². The van der Waals surface area contributed by atoms with E-state index in [1.807, 2.05) is 92.2 Å².